The van der Waals surface area contributed by atoms with Gasteiger partial charge in [-0.15, -0.1) is 0 Å². The Morgan fingerprint density at radius 1 is 1.44 bits per heavy atom. The Balaban J connectivity index is 2.55. The van der Waals surface area contributed by atoms with Crippen LogP contribution in [0.1, 0.15) is 29.3 Å². The van der Waals surface area contributed by atoms with Crippen molar-refractivity contribution >= 4 is 27.8 Å². The van der Waals surface area contributed by atoms with Crippen LogP contribution in [0.3, 0.4) is 0 Å². The van der Waals surface area contributed by atoms with Crippen LogP contribution in [0, 0.1) is 12.8 Å². The molecule has 1 amide bonds. The van der Waals surface area contributed by atoms with Crippen LogP contribution in [0.25, 0.3) is 0 Å². The number of rotatable bonds is 5. The van der Waals surface area contributed by atoms with Crippen molar-refractivity contribution in [2.24, 2.45) is 5.92 Å². The van der Waals surface area contributed by atoms with Crippen molar-refractivity contribution in [3.8, 4) is 0 Å². The molecule has 1 rings (SSSR count). The van der Waals surface area contributed by atoms with Gasteiger partial charge in [0.15, 0.2) is 0 Å². The summed E-state index contributed by atoms with van der Waals surface area (Å²) >= 11 is 3.32. The van der Waals surface area contributed by atoms with Gasteiger partial charge in [0, 0.05) is 11.0 Å². The van der Waals surface area contributed by atoms with Gasteiger partial charge >= 0.3 is 5.97 Å². The predicted octanol–water partition coefficient (Wildman–Crippen LogP) is 2.60. The third kappa shape index (κ3) is 4.14. The van der Waals surface area contributed by atoms with Crippen LogP contribution >= 0.6 is 15.9 Å². The molecular weight excluding hydrogens is 298 g/mol. The summed E-state index contributed by atoms with van der Waals surface area (Å²) in [6.45, 7) is 3.89. The number of carbonyl (C=O) groups is 2. The van der Waals surface area contributed by atoms with Gasteiger partial charge in [0.25, 0.3) is 5.91 Å². The molecule has 0 fully saturated rings. The van der Waals surface area contributed by atoms with E-state index >= 15 is 0 Å². The Morgan fingerprint density at radius 3 is 2.72 bits per heavy atom. The number of aryl methyl sites for hydroxylation is 1. The maximum atomic E-state index is 11.9. The van der Waals surface area contributed by atoms with Crippen LogP contribution in [0.4, 0.5) is 0 Å². The minimum Gasteiger partial charge on any atom is -0.481 e. The van der Waals surface area contributed by atoms with Crippen molar-refractivity contribution < 1.29 is 14.7 Å². The molecule has 1 aromatic carbocycles. The van der Waals surface area contributed by atoms with Gasteiger partial charge in [-0.1, -0.05) is 18.6 Å². The van der Waals surface area contributed by atoms with Gasteiger partial charge < -0.3 is 10.4 Å². The van der Waals surface area contributed by atoms with E-state index in [2.05, 4.69) is 21.2 Å². The Morgan fingerprint density at radius 2 is 2.11 bits per heavy atom. The average Bonchev–Trinajstić information content (AvgIpc) is 2.31. The van der Waals surface area contributed by atoms with Crippen molar-refractivity contribution in [3.63, 3.8) is 0 Å². The molecule has 0 heterocycles. The lowest BCUT2D eigenvalue weighted by Crippen LogP contribution is -2.27. The second-order valence-electron chi connectivity index (χ2n) is 4.27. The molecule has 0 spiro atoms. The molecule has 0 aliphatic heterocycles. The topological polar surface area (TPSA) is 66.4 Å². The average molecular weight is 314 g/mol. The smallest absolute Gasteiger partial charge is 0.306 e. The van der Waals surface area contributed by atoms with Crippen molar-refractivity contribution in [1.82, 2.24) is 5.32 Å². The maximum Gasteiger partial charge on any atom is 0.306 e. The highest BCUT2D eigenvalue weighted by Gasteiger charge is 2.13. The second-order valence-corrected chi connectivity index (χ2v) is 5.12. The zero-order chi connectivity index (χ0) is 13.7. The first-order valence-corrected chi connectivity index (χ1v) is 6.48. The summed E-state index contributed by atoms with van der Waals surface area (Å²) in [5.74, 6) is -1.49. The fourth-order valence-electron chi connectivity index (χ4n) is 1.43. The number of carboxylic acids is 1. The molecule has 0 aromatic heterocycles. The van der Waals surface area contributed by atoms with E-state index in [1.165, 1.54) is 0 Å². The Bertz CT molecular complexity index is 460. The van der Waals surface area contributed by atoms with Gasteiger partial charge in [-0.05, 0) is 41.4 Å². The Kier molecular flexibility index (Phi) is 5.34. The van der Waals surface area contributed by atoms with E-state index in [-0.39, 0.29) is 5.91 Å². The first-order chi connectivity index (χ1) is 8.41. The number of carbonyl (C=O) groups excluding carboxylic acids is 1. The Hall–Kier alpha value is -1.36. The van der Waals surface area contributed by atoms with Gasteiger partial charge in [0.2, 0.25) is 0 Å². The van der Waals surface area contributed by atoms with E-state index in [1.807, 2.05) is 19.1 Å². The summed E-state index contributed by atoms with van der Waals surface area (Å²) in [6.07, 6.45) is 0.421. The lowest BCUT2D eigenvalue weighted by Gasteiger charge is -2.09. The highest BCUT2D eigenvalue weighted by atomic mass is 79.9. The summed E-state index contributed by atoms with van der Waals surface area (Å²) in [5, 5.41) is 11.4. The highest BCUT2D eigenvalue weighted by molar-refractivity contribution is 9.10. The van der Waals surface area contributed by atoms with Crippen molar-refractivity contribution in [2.75, 3.05) is 6.54 Å². The van der Waals surface area contributed by atoms with E-state index in [1.54, 1.807) is 13.0 Å². The molecule has 2 N–H and O–H groups in total. The molecule has 0 saturated heterocycles. The molecule has 4 nitrogen and oxygen atoms in total. The molecule has 0 aliphatic carbocycles. The summed E-state index contributed by atoms with van der Waals surface area (Å²) in [6, 6.07) is 5.53. The van der Waals surface area contributed by atoms with Gasteiger partial charge in [-0.2, -0.15) is 0 Å². The number of nitrogens with one attached hydrogen (secondary N) is 1. The molecule has 1 aromatic rings. The number of halogens is 1. The number of aliphatic carboxylic acids is 1. The van der Waals surface area contributed by atoms with Gasteiger partial charge in [-0.3, -0.25) is 9.59 Å². The van der Waals surface area contributed by atoms with Crippen LogP contribution < -0.4 is 5.32 Å². The summed E-state index contributed by atoms with van der Waals surface area (Å²) in [7, 11) is 0. The minimum absolute atomic E-state index is 0.192. The first kappa shape index (κ1) is 14.7. The number of amides is 1. The molecule has 18 heavy (non-hydrogen) atoms. The van der Waals surface area contributed by atoms with Crippen molar-refractivity contribution in [1.29, 1.82) is 0 Å². The SMILES string of the molecule is Cc1ccc(Br)c(C(=O)NCCC(C)C(=O)O)c1. The second kappa shape index (κ2) is 6.54. The fraction of sp³-hybridized carbons (Fsp3) is 0.385. The lowest BCUT2D eigenvalue weighted by atomic mass is 10.1. The lowest BCUT2D eigenvalue weighted by molar-refractivity contribution is -0.141. The van der Waals surface area contributed by atoms with Gasteiger partial charge in [0.1, 0.15) is 0 Å². The molecule has 0 radical (unpaired) electrons. The molecule has 0 saturated carbocycles. The maximum absolute atomic E-state index is 11.9. The molecular formula is C13H16BrNO3. The predicted molar refractivity (Wildman–Crippen MR) is 72.6 cm³/mol. The zero-order valence-electron chi connectivity index (χ0n) is 10.4. The van der Waals surface area contributed by atoms with E-state index in [0.717, 1.165) is 10.0 Å². The van der Waals surface area contributed by atoms with Crippen LogP contribution in [0.2, 0.25) is 0 Å². The van der Waals surface area contributed by atoms with Crippen LogP contribution in [-0.4, -0.2) is 23.5 Å². The van der Waals surface area contributed by atoms with Crippen molar-refractivity contribution in [3.05, 3.63) is 33.8 Å². The van der Waals surface area contributed by atoms with E-state index in [0.29, 0.717) is 18.5 Å². The minimum atomic E-state index is -0.846. The third-order valence-electron chi connectivity index (χ3n) is 2.65. The number of hydrogen-bond acceptors (Lipinski definition) is 2. The van der Waals surface area contributed by atoms with Gasteiger partial charge in [0.05, 0.1) is 11.5 Å². The number of carboxylic acid groups (broad SMARTS) is 1. The quantitative estimate of drug-likeness (QED) is 0.878. The van der Waals surface area contributed by atoms with Crippen LogP contribution in [0.15, 0.2) is 22.7 Å². The van der Waals surface area contributed by atoms with Crippen LogP contribution in [0.5, 0.6) is 0 Å². The fourth-order valence-corrected chi connectivity index (χ4v) is 1.86. The van der Waals surface area contributed by atoms with E-state index in [9.17, 15) is 9.59 Å². The molecule has 1 unspecified atom stereocenters. The summed E-state index contributed by atoms with van der Waals surface area (Å²) in [5.41, 5.74) is 1.57. The highest BCUT2D eigenvalue weighted by Crippen LogP contribution is 2.17. The molecule has 98 valence electrons. The van der Waals surface area contributed by atoms with E-state index < -0.39 is 11.9 Å². The summed E-state index contributed by atoms with van der Waals surface area (Å²) < 4.78 is 0.733. The monoisotopic (exact) mass is 313 g/mol. The normalized spacial score (nSPS) is 11.9. The molecule has 0 bridgehead atoms. The first-order valence-electron chi connectivity index (χ1n) is 5.69. The van der Waals surface area contributed by atoms with Gasteiger partial charge in [-0.25, -0.2) is 0 Å². The molecule has 1 atom stereocenters. The van der Waals surface area contributed by atoms with Crippen molar-refractivity contribution in [2.45, 2.75) is 20.3 Å². The molecule has 0 aliphatic rings. The molecule has 5 heteroatoms. The summed E-state index contributed by atoms with van der Waals surface area (Å²) in [4.78, 5) is 22.5. The zero-order valence-corrected chi connectivity index (χ0v) is 12.0. The largest absolute Gasteiger partial charge is 0.481 e. The van der Waals surface area contributed by atoms with Crippen LogP contribution in [-0.2, 0) is 4.79 Å². The van der Waals surface area contributed by atoms with E-state index in [4.69, 9.17) is 5.11 Å². The number of hydrogen-bond donors (Lipinski definition) is 2. The number of benzene rings is 1. The standard InChI is InChI=1S/C13H16BrNO3/c1-8-3-4-11(14)10(7-8)12(16)15-6-5-9(2)13(17)18/h3-4,7,9H,5-6H2,1-2H3,(H,15,16)(H,17,18). The Labute approximate surface area is 115 Å². The third-order valence-corrected chi connectivity index (χ3v) is 3.34.